The van der Waals surface area contributed by atoms with Crippen molar-refractivity contribution in [2.45, 2.75) is 13.5 Å². The molecule has 0 bridgehead atoms. The van der Waals surface area contributed by atoms with Crippen LogP contribution in [0.15, 0.2) is 18.3 Å². The van der Waals surface area contributed by atoms with E-state index in [9.17, 15) is 0 Å². The molecule has 0 spiro atoms. The fraction of sp³-hybridized carbons (Fsp3) is 0.429. The van der Waals surface area contributed by atoms with Crippen LogP contribution in [0.2, 0.25) is 0 Å². The molecule has 3 nitrogen and oxygen atoms in total. The van der Waals surface area contributed by atoms with Gasteiger partial charge in [-0.3, -0.25) is 0 Å². The third-order valence-electron chi connectivity index (χ3n) is 0.833. The van der Waals surface area contributed by atoms with Crippen molar-refractivity contribution in [1.82, 2.24) is 4.98 Å². The molecule has 1 heterocycles. The Kier molecular flexibility index (Phi) is 5.82. The molecule has 0 radical (unpaired) electrons. The van der Waals surface area contributed by atoms with Gasteiger partial charge in [-0.25, -0.2) is 0 Å². The molecule has 3 N–H and O–H groups in total. The largest absolute Gasteiger partial charge is 0.397 e. The number of nitrogens with one attached hydrogen (secondary N) is 1. The van der Waals surface area contributed by atoms with E-state index in [0.717, 1.165) is 5.69 Å². The molecule has 1 aromatic rings. The highest BCUT2D eigenvalue weighted by Gasteiger charge is 1.82. The molecule has 0 unspecified atom stereocenters. The molecule has 0 aliphatic heterocycles. The van der Waals surface area contributed by atoms with Crippen LogP contribution < -0.4 is 0 Å². The summed E-state index contributed by atoms with van der Waals surface area (Å²) in [4.78, 5) is 2.84. The van der Waals surface area contributed by atoms with Crippen LogP contribution in [0.5, 0.6) is 0 Å². The van der Waals surface area contributed by atoms with E-state index in [1.165, 1.54) is 0 Å². The zero-order valence-corrected chi connectivity index (χ0v) is 6.04. The van der Waals surface area contributed by atoms with Crippen molar-refractivity contribution in [3.63, 3.8) is 0 Å². The molecule has 1 aromatic heterocycles. The molecule has 0 amide bonds. The van der Waals surface area contributed by atoms with Crippen LogP contribution in [0.4, 0.5) is 0 Å². The Bertz CT molecular complexity index is 137. The third kappa shape index (κ3) is 4.12. The molecule has 0 atom stereocenters. The van der Waals surface area contributed by atoms with E-state index in [1.807, 2.05) is 12.1 Å². The average molecular weight is 143 g/mol. The standard InChI is InChI=1S/C5H7NO.C2H6O/c7-4-5-2-1-3-6-5;1-2-3/h1-3,6-7H,4H2;3H,2H2,1H3. The molecule has 1 rings (SSSR count). The lowest BCUT2D eigenvalue weighted by Crippen LogP contribution is -1.77. The molecule has 3 heteroatoms. The molecule has 0 saturated heterocycles. The number of rotatable bonds is 1. The van der Waals surface area contributed by atoms with Crippen LogP contribution in [0, 0.1) is 0 Å². The van der Waals surface area contributed by atoms with Crippen LogP contribution in [-0.4, -0.2) is 21.8 Å². The Morgan fingerprint density at radius 1 is 1.50 bits per heavy atom. The fourth-order valence-electron chi connectivity index (χ4n) is 0.466. The second-order valence-corrected chi connectivity index (χ2v) is 1.67. The SMILES string of the molecule is CCO.OCc1ccc[nH]1. The maximum Gasteiger partial charge on any atom is 0.0830 e. The van der Waals surface area contributed by atoms with Crippen LogP contribution in [0.25, 0.3) is 0 Å². The minimum absolute atomic E-state index is 0.104. The van der Waals surface area contributed by atoms with E-state index in [2.05, 4.69) is 4.98 Å². The van der Waals surface area contributed by atoms with Gasteiger partial charge in [0.15, 0.2) is 0 Å². The zero-order chi connectivity index (χ0) is 7.82. The molecule has 0 aliphatic carbocycles. The number of hydrogen-bond donors (Lipinski definition) is 3. The average Bonchev–Trinajstić information content (AvgIpc) is 2.39. The van der Waals surface area contributed by atoms with Gasteiger partial charge in [0.05, 0.1) is 6.61 Å². The van der Waals surface area contributed by atoms with E-state index in [-0.39, 0.29) is 13.2 Å². The van der Waals surface area contributed by atoms with Gasteiger partial charge >= 0.3 is 0 Å². The minimum Gasteiger partial charge on any atom is -0.397 e. The van der Waals surface area contributed by atoms with Crippen molar-refractivity contribution in [2.75, 3.05) is 6.61 Å². The van der Waals surface area contributed by atoms with E-state index in [1.54, 1.807) is 13.1 Å². The summed E-state index contributed by atoms with van der Waals surface area (Å²) in [5.41, 5.74) is 0.861. The van der Waals surface area contributed by atoms with Gasteiger partial charge < -0.3 is 15.2 Å². The smallest absolute Gasteiger partial charge is 0.0830 e. The summed E-state index contributed by atoms with van der Waals surface area (Å²) in [5.74, 6) is 0. The summed E-state index contributed by atoms with van der Waals surface area (Å²) >= 11 is 0. The second kappa shape index (κ2) is 6.32. The lowest BCUT2D eigenvalue weighted by Gasteiger charge is -1.81. The molecule has 0 saturated carbocycles. The van der Waals surface area contributed by atoms with Crippen LogP contribution in [-0.2, 0) is 6.61 Å². The van der Waals surface area contributed by atoms with Gasteiger partial charge in [0.2, 0.25) is 0 Å². The maximum absolute atomic E-state index is 8.40. The Hall–Kier alpha value is -0.800. The zero-order valence-electron chi connectivity index (χ0n) is 6.04. The molecule has 0 fully saturated rings. The second-order valence-electron chi connectivity index (χ2n) is 1.67. The first kappa shape index (κ1) is 9.20. The molecule has 0 aliphatic rings. The van der Waals surface area contributed by atoms with Gasteiger partial charge in [-0.05, 0) is 19.1 Å². The van der Waals surface area contributed by atoms with Crippen molar-refractivity contribution < 1.29 is 10.2 Å². The predicted molar refractivity (Wildman–Crippen MR) is 39.5 cm³/mol. The molecule has 10 heavy (non-hydrogen) atoms. The number of aromatic nitrogens is 1. The molecule has 58 valence electrons. The Labute approximate surface area is 60.3 Å². The summed E-state index contributed by atoms with van der Waals surface area (Å²) in [6.07, 6.45) is 1.78. The first-order valence-corrected chi connectivity index (χ1v) is 3.19. The normalized spacial score (nSPS) is 8.30. The third-order valence-corrected chi connectivity index (χ3v) is 0.833. The van der Waals surface area contributed by atoms with Gasteiger partial charge in [-0.15, -0.1) is 0 Å². The van der Waals surface area contributed by atoms with Gasteiger partial charge in [-0.2, -0.15) is 0 Å². The van der Waals surface area contributed by atoms with Crippen LogP contribution >= 0.6 is 0 Å². The summed E-state index contributed by atoms with van der Waals surface area (Å²) in [6, 6.07) is 3.69. The lowest BCUT2D eigenvalue weighted by molar-refractivity contribution is 0.277. The monoisotopic (exact) mass is 143 g/mol. The van der Waals surface area contributed by atoms with Crippen molar-refractivity contribution in [1.29, 1.82) is 0 Å². The first-order chi connectivity index (χ1) is 4.85. The van der Waals surface area contributed by atoms with Gasteiger partial charge in [-0.1, -0.05) is 0 Å². The number of hydrogen-bond acceptors (Lipinski definition) is 2. The van der Waals surface area contributed by atoms with Crippen molar-refractivity contribution >= 4 is 0 Å². The topological polar surface area (TPSA) is 56.2 Å². The number of aliphatic hydroxyl groups excluding tert-OH is 2. The van der Waals surface area contributed by atoms with Crippen molar-refractivity contribution in [2.24, 2.45) is 0 Å². The highest BCUT2D eigenvalue weighted by molar-refractivity contribution is 5.01. The predicted octanol–water partition coefficient (Wildman–Crippen LogP) is 0.506. The quantitative estimate of drug-likeness (QED) is 0.536. The van der Waals surface area contributed by atoms with Crippen molar-refractivity contribution in [3.05, 3.63) is 24.0 Å². The Morgan fingerprint density at radius 2 is 2.10 bits per heavy atom. The highest BCUT2D eigenvalue weighted by Crippen LogP contribution is 1.90. The lowest BCUT2D eigenvalue weighted by atomic mass is 10.5. The number of aromatic amines is 1. The fourth-order valence-corrected chi connectivity index (χ4v) is 0.466. The Morgan fingerprint density at radius 3 is 2.30 bits per heavy atom. The number of H-pyrrole nitrogens is 1. The maximum atomic E-state index is 8.40. The highest BCUT2D eigenvalue weighted by atomic mass is 16.3. The van der Waals surface area contributed by atoms with Gasteiger partial charge in [0, 0.05) is 18.5 Å². The summed E-state index contributed by atoms with van der Waals surface area (Å²) in [5, 5.41) is 16.0. The van der Waals surface area contributed by atoms with Gasteiger partial charge in [0.1, 0.15) is 0 Å². The van der Waals surface area contributed by atoms with Crippen LogP contribution in [0.3, 0.4) is 0 Å². The summed E-state index contributed by atoms with van der Waals surface area (Å²) in [6.45, 7) is 2.03. The van der Waals surface area contributed by atoms with E-state index in [4.69, 9.17) is 10.2 Å². The Balaban J connectivity index is 0.000000236. The van der Waals surface area contributed by atoms with Crippen LogP contribution in [0.1, 0.15) is 12.6 Å². The number of aliphatic hydroxyl groups is 2. The minimum atomic E-state index is 0.104. The molecular formula is C7H13NO2. The summed E-state index contributed by atoms with van der Waals surface area (Å²) in [7, 11) is 0. The summed E-state index contributed by atoms with van der Waals surface area (Å²) < 4.78 is 0. The van der Waals surface area contributed by atoms with E-state index in [0.29, 0.717) is 0 Å². The molecular weight excluding hydrogens is 130 g/mol. The van der Waals surface area contributed by atoms with E-state index >= 15 is 0 Å². The first-order valence-electron chi connectivity index (χ1n) is 3.19. The van der Waals surface area contributed by atoms with E-state index < -0.39 is 0 Å². The molecule has 0 aromatic carbocycles. The van der Waals surface area contributed by atoms with Gasteiger partial charge in [0.25, 0.3) is 0 Å². The van der Waals surface area contributed by atoms with Crippen molar-refractivity contribution in [3.8, 4) is 0 Å².